The van der Waals surface area contributed by atoms with E-state index in [4.69, 9.17) is 17.3 Å². The molecule has 3 N–H and O–H groups in total. The standard InChI is InChI=1S/C13H11ClN4O2S/c14-11-6-16-5-9(17-11)13(20)18-8-3-1-2-4-10(8)21-7-12(15)19/h1-6H,7H2,(H2,15,19)(H,18,20). The van der Waals surface area contributed by atoms with Crippen molar-refractivity contribution in [2.75, 3.05) is 11.1 Å². The minimum atomic E-state index is -0.433. The molecule has 1 heterocycles. The third kappa shape index (κ3) is 4.44. The van der Waals surface area contributed by atoms with E-state index in [1.165, 1.54) is 24.2 Å². The number of halogens is 1. The molecule has 1 aromatic carbocycles. The maximum absolute atomic E-state index is 12.1. The highest BCUT2D eigenvalue weighted by Gasteiger charge is 2.12. The van der Waals surface area contributed by atoms with Gasteiger partial charge < -0.3 is 11.1 Å². The van der Waals surface area contributed by atoms with Gasteiger partial charge >= 0.3 is 0 Å². The van der Waals surface area contributed by atoms with Crippen LogP contribution in [0.3, 0.4) is 0 Å². The molecular weight excluding hydrogens is 312 g/mol. The van der Waals surface area contributed by atoms with Crippen LogP contribution in [0.1, 0.15) is 10.5 Å². The molecule has 0 aliphatic heterocycles. The van der Waals surface area contributed by atoms with Crippen molar-refractivity contribution < 1.29 is 9.59 Å². The zero-order valence-electron chi connectivity index (χ0n) is 10.7. The Kier molecular flexibility index (Phi) is 5.13. The Balaban J connectivity index is 2.15. The van der Waals surface area contributed by atoms with Crippen molar-refractivity contribution in [2.24, 2.45) is 5.73 Å². The van der Waals surface area contributed by atoms with Gasteiger partial charge in [-0.1, -0.05) is 23.7 Å². The normalized spacial score (nSPS) is 10.1. The van der Waals surface area contributed by atoms with Crippen LogP contribution in [0, 0.1) is 0 Å². The minimum Gasteiger partial charge on any atom is -0.369 e. The summed E-state index contributed by atoms with van der Waals surface area (Å²) < 4.78 is 0. The van der Waals surface area contributed by atoms with E-state index in [0.29, 0.717) is 5.69 Å². The number of hydrogen-bond donors (Lipinski definition) is 2. The van der Waals surface area contributed by atoms with Crippen molar-refractivity contribution in [3.8, 4) is 0 Å². The van der Waals surface area contributed by atoms with Gasteiger partial charge in [0.1, 0.15) is 10.8 Å². The first kappa shape index (κ1) is 15.3. The molecule has 0 aliphatic rings. The lowest BCUT2D eigenvalue weighted by Crippen LogP contribution is -2.15. The largest absolute Gasteiger partial charge is 0.369 e. The van der Waals surface area contributed by atoms with Crippen molar-refractivity contribution in [2.45, 2.75) is 4.90 Å². The molecule has 21 heavy (non-hydrogen) atoms. The molecule has 2 aromatic rings. The number of carbonyl (C=O) groups excluding carboxylic acids is 2. The first-order valence-electron chi connectivity index (χ1n) is 5.85. The topological polar surface area (TPSA) is 98.0 Å². The Bertz CT molecular complexity index is 681. The molecule has 0 fully saturated rings. The number of benzene rings is 1. The summed E-state index contributed by atoms with van der Waals surface area (Å²) in [7, 11) is 0. The molecule has 2 rings (SSSR count). The first-order valence-corrected chi connectivity index (χ1v) is 7.21. The molecule has 0 spiro atoms. The molecule has 2 amide bonds. The summed E-state index contributed by atoms with van der Waals surface area (Å²) in [5.74, 6) is -0.733. The summed E-state index contributed by atoms with van der Waals surface area (Å²) in [5.41, 5.74) is 5.79. The number of amides is 2. The summed E-state index contributed by atoms with van der Waals surface area (Å²) in [6, 6.07) is 7.08. The summed E-state index contributed by atoms with van der Waals surface area (Å²) in [4.78, 5) is 31.4. The van der Waals surface area contributed by atoms with Crippen LogP contribution in [0.5, 0.6) is 0 Å². The van der Waals surface area contributed by atoms with Gasteiger partial charge in [0.2, 0.25) is 5.91 Å². The Labute approximate surface area is 130 Å². The van der Waals surface area contributed by atoms with Crippen LogP contribution in [-0.4, -0.2) is 27.5 Å². The lowest BCUT2D eigenvalue weighted by Gasteiger charge is -2.09. The zero-order valence-corrected chi connectivity index (χ0v) is 12.3. The van der Waals surface area contributed by atoms with Crippen molar-refractivity contribution in [3.05, 3.63) is 47.5 Å². The minimum absolute atomic E-state index is 0.109. The number of nitrogens with zero attached hydrogens (tertiary/aromatic N) is 2. The van der Waals surface area contributed by atoms with Crippen LogP contribution < -0.4 is 11.1 Å². The maximum atomic E-state index is 12.1. The summed E-state index contributed by atoms with van der Waals surface area (Å²) in [6.07, 6.45) is 2.66. The monoisotopic (exact) mass is 322 g/mol. The summed E-state index contributed by atoms with van der Waals surface area (Å²) >= 11 is 6.94. The third-order valence-corrected chi connectivity index (χ3v) is 3.62. The van der Waals surface area contributed by atoms with Crippen molar-refractivity contribution in [1.29, 1.82) is 0 Å². The van der Waals surface area contributed by atoms with Crippen LogP contribution in [-0.2, 0) is 4.79 Å². The van der Waals surface area contributed by atoms with Crippen LogP contribution in [0.2, 0.25) is 5.15 Å². The van der Waals surface area contributed by atoms with Gasteiger partial charge in [-0.25, -0.2) is 4.98 Å². The predicted octanol–water partition coefficient (Wildman–Crippen LogP) is 1.96. The highest BCUT2D eigenvalue weighted by Crippen LogP contribution is 2.27. The van der Waals surface area contributed by atoms with E-state index < -0.39 is 11.8 Å². The number of rotatable bonds is 5. The molecule has 6 nitrogen and oxygen atoms in total. The van der Waals surface area contributed by atoms with Gasteiger partial charge in [-0.05, 0) is 12.1 Å². The average molecular weight is 323 g/mol. The molecule has 0 atom stereocenters. The Morgan fingerprint density at radius 1 is 1.29 bits per heavy atom. The van der Waals surface area contributed by atoms with Crippen molar-refractivity contribution in [1.82, 2.24) is 9.97 Å². The van der Waals surface area contributed by atoms with Crippen molar-refractivity contribution in [3.63, 3.8) is 0 Å². The zero-order chi connectivity index (χ0) is 15.2. The Morgan fingerprint density at radius 3 is 2.76 bits per heavy atom. The Hall–Kier alpha value is -2.12. The number of anilines is 1. The number of para-hydroxylation sites is 1. The fourth-order valence-electron chi connectivity index (χ4n) is 1.48. The Morgan fingerprint density at radius 2 is 2.05 bits per heavy atom. The molecule has 0 unspecified atom stereocenters. The fourth-order valence-corrected chi connectivity index (χ4v) is 2.38. The second-order valence-corrected chi connectivity index (χ2v) is 5.34. The van der Waals surface area contributed by atoms with E-state index in [9.17, 15) is 9.59 Å². The number of aromatic nitrogens is 2. The van der Waals surface area contributed by atoms with E-state index in [1.807, 2.05) is 0 Å². The van der Waals surface area contributed by atoms with Gasteiger partial charge in [0.15, 0.2) is 0 Å². The van der Waals surface area contributed by atoms with Crippen molar-refractivity contribution >= 4 is 40.9 Å². The van der Waals surface area contributed by atoms with E-state index in [1.54, 1.807) is 24.3 Å². The number of nitrogens with one attached hydrogen (secondary N) is 1. The third-order valence-electron chi connectivity index (χ3n) is 2.34. The molecule has 0 saturated carbocycles. The van der Waals surface area contributed by atoms with Crippen LogP contribution in [0.4, 0.5) is 5.69 Å². The second-order valence-electron chi connectivity index (χ2n) is 3.93. The molecular formula is C13H11ClN4O2S. The predicted molar refractivity (Wildman–Crippen MR) is 81.4 cm³/mol. The number of hydrogen-bond acceptors (Lipinski definition) is 5. The molecule has 1 aromatic heterocycles. The van der Waals surface area contributed by atoms with Gasteiger partial charge in [-0.15, -0.1) is 11.8 Å². The molecule has 0 saturated heterocycles. The van der Waals surface area contributed by atoms with Gasteiger partial charge in [0, 0.05) is 4.90 Å². The summed E-state index contributed by atoms with van der Waals surface area (Å²) in [6.45, 7) is 0. The van der Waals surface area contributed by atoms with Gasteiger partial charge in [-0.2, -0.15) is 0 Å². The van der Waals surface area contributed by atoms with Crippen LogP contribution in [0.15, 0.2) is 41.6 Å². The maximum Gasteiger partial charge on any atom is 0.275 e. The molecule has 0 bridgehead atoms. The number of carbonyl (C=O) groups is 2. The van der Waals surface area contributed by atoms with E-state index in [-0.39, 0.29) is 16.6 Å². The second kappa shape index (κ2) is 7.05. The SMILES string of the molecule is NC(=O)CSc1ccccc1NC(=O)c1cncc(Cl)n1. The number of thioether (sulfide) groups is 1. The lowest BCUT2D eigenvalue weighted by atomic mass is 10.3. The first-order chi connectivity index (χ1) is 10.1. The molecule has 0 aliphatic carbocycles. The average Bonchev–Trinajstić information content (AvgIpc) is 2.46. The highest BCUT2D eigenvalue weighted by molar-refractivity contribution is 8.00. The van der Waals surface area contributed by atoms with Crippen LogP contribution in [0.25, 0.3) is 0 Å². The molecule has 0 radical (unpaired) electrons. The van der Waals surface area contributed by atoms with Gasteiger partial charge in [0.05, 0.1) is 23.8 Å². The van der Waals surface area contributed by atoms with E-state index >= 15 is 0 Å². The highest BCUT2D eigenvalue weighted by atomic mass is 35.5. The fraction of sp³-hybridized carbons (Fsp3) is 0.0769. The van der Waals surface area contributed by atoms with E-state index in [0.717, 1.165) is 4.90 Å². The lowest BCUT2D eigenvalue weighted by molar-refractivity contribution is -0.115. The van der Waals surface area contributed by atoms with E-state index in [2.05, 4.69) is 15.3 Å². The van der Waals surface area contributed by atoms with Gasteiger partial charge in [0.25, 0.3) is 5.91 Å². The summed E-state index contributed by atoms with van der Waals surface area (Å²) in [5, 5.41) is 2.84. The number of nitrogens with two attached hydrogens (primary N) is 1. The molecule has 8 heteroatoms. The smallest absolute Gasteiger partial charge is 0.275 e. The van der Waals surface area contributed by atoms with Crippen LogP contribution >= 0.6 is 23.4 Å². The number of primary amides is 1. The van der Waals surface area contributed by atoms with Gasteiger partial charge in [-0.3, -0.25) is 14.6 Å². The molecule has 108 valence electrons. The quantitative estimate of drug-likeness (QED) is 0.820.